The Morgan fingerprint density at radius 1 is 1.32 bits per heavy atom. The quantitative estimate of drug-likeness (QED) is 0.897. The fourth-order valence-electron chi connectivity index (χ4n) is 2.98. The van der Waals surface area contributed by atoms with Gasteiger partial charge in [-0.3, -0.25) is 0 Å². The van der Waals surface area contributed by atoms with Crippen LogP contribution in [0.5, 0.6) is 0 Å². The van der Waals surface area contributed by atoms with Crippen LogP contribution in [0.2, 0.25) is 0 Å². The maximum absolute atomic E-state index is 13.0. The van der Waals surface area contributed by atoms with Crippen LogP contribution in [-0.4, -0.2) is 17.3 Å². The zero-order chi connectivity index (χ0) is 13.9. The summed E-state index contributed by atoms with van der Waals surface area (Å²) in [5.41, 5.74) is 0.239. The Bertz CT molecular complexity index is 394. The smallest absolute Gasteiger partial charge is 0.123 e. The Morgan fingerprint density at radius 2 is 1.89 bits per heavy atom. The first-order valence-electron chi connectivity index (χ1n) is 7.15. The number of rotatable bonds is 4. The molecule has 0 heterocycles. The Hall–Kier alpha value is -0.930. The summed E-state index contributed by atoms with van der Waals surface area (Å²) >= 11 is 0. The highest BCUT2D eigenvalue weighted by atomic mass is 19.1. The highest BCUT2D eigenvalue weighted by Gasteiger charge is 2.42. The number of hydrogen-bond donors (Lipinski definition) is 1. The summed E-state index contributed by atoms with van der Waals surface area (Å²) in [6, 6.07) is 6.09. The predicted molar refractivity (Wildman–Crippen MR) is 73.3 cm³/mol. The molecule has 1 aromatic carbocycles. The van der Waals surface area contributed by atoms with Gasteiger partial charge in [0.25, 0.3) is 0 Å². The average Bonchev–Trinajstić information content (AvgIpc) is 2.42. The number of benzene rings is 1. The molecule has 106 valence electrons. The Balaban J connectivity index is 2.20. The molecule has 1 N–H and O–H groups in total. The van der Waals surface area contributed by atoms with Gasteiger partial charge >= 0.3 is 0 Å². The molecule has 0 bridgehead atoms. The molecule has 0 spiro atoms. The highest BCUT2D eigenvalue weighted by Crippen LogP contribution is 2.43. The Kier molecular flexibility index (Phi) is 4.58. The van der Waals surface area contributed by atoms with E-state index < -0.39 is 11.7 Å². The van der Waals surface area contributed by atoms with Gasteiger partial charge in [0.1, 0.15) is 11.9 Å². The van der Waals surface area contributed by atoms with Crippen LogP contribution in [0.15, 0.2) is 24.3 Å². The largest absolute Gasteiger partial charge is 0.385 e. The van der Waals surface area contributed by atoms with Gasteiger partial charge in [-0.15, -0.1) is 0 Å². The van der Waals surface area contributed by atoms with Crippen molar-refractivity contribution < 1.29 is 14.2 Å². The van der Waals surface area contributed by atoms with Crippen molar-refractivity contribution in [2.75, 3.05) is 6.61 Å². The van der Waals surface area contributed by atoms with Crippen molar-refractivity contribution in [1.82, 2.24) is 0 Å². The second-order valence-corrected chi connectivity index (χ2v) is 5.63. The van der Waals surface area contributed by atoms with E-state index in [1.165, 1.54) is 12.1 Å². The standard InChI is InChI=1S/C16H23FO2/c1-3-19-16(10-8-12(2)9-11-16)15(18)13-4-6-14(17)7-5-13/h4-7,12,15,18H,3,8-11H2,1-2H3. The molecule has 1 fully saturated rings. The fraction of sp³-hybridized carbons (Fsp3) is 0.625. The minimum Gasteiger partial charge on any atom is -0.385 e. The predicted octanol–water partition coefficient (Wildman–Crippen LogP) is 3.84. The number of halogens is 1. The van der Waals surface area contributed by atoms with Gasteiger partial charge in [-0.2, -0.15) is 0 Å². The third kappa shape index (κ3) is 3.15. The van der Waals surface area contributed by atoms with E-state index in [0.717, 1.165) is 31.2 Å². The van der Waals surface area contributed by atoms with Gasteiger partial charge in [-0.25, -0.2) is 4.39 Å². The molecule has 0 radical (unpaired) electrons. The van der Waals surface area contributed by atoms with Crippen LogP contribution < -0.4 is 0 Å². The minimum atomic E-state index is -0.680. The van der Waals surface area contributed by atoms with Crippen LogP contribution in [0, 0.1) is 11.7 Å². The van der Waals surface area contributed by atoms with E-state index in [1.54, 1.807) is 12.1 Å². The Labute approximate surface area is 114 Å². The third-order valence-corrected chi connectivity index (χ3v) is 4.24. The second kappa shape index (κ2) is 6.02. The maximum Gasteiger partial charge on any atom is 0.123 e. The molecule has 1 unspecified atom stereocenters. The van der Waals surface area contributed by atoms with Crippen molar-refractivity contribution >= 4 is 0 Å². The lowest BCUT2D eigenvalue weighted by atomic mass is 9.74. The van der Waals surface area contributed by atoms with Crippen molar-refractivity contribution in [3.8, 4) is 0 Å². The van der Waals surface area contributed by atoms with Crippen LogP contribution >= 0.6 is 0 Å². The van der Waals surface area contributed by atoms with Gasteiger partial charge in [-0.05, 0) is 56.2 Å². The number of hydrogen-bond acceptors (Lipinski definition) is 2. The summed E-state index contributed by atoms with van der Waals surface area (Å²) in [5, 5.41) is 10.7. The van der Waals surface area contributed by atoms with E-state index >= 15 is 0 Å². The SMILES string of the molecule is CCOC1(C(O)c2ccc(F)cc2)CCC(C)CC1. The summed E-state index contributed by atoms with van der Waals surface area (Å²) in [7, 11) is 0. The molecule has 19 heavy (non-hydrogen) atoms. The maximum atomic E-state index is 13.0. The van der Waals surface area contributed by atoms with Gasteiger partial charge in [-0.1, -0.05) is 19.1 Å². The molecule has 0 aliphatic heterocycles. The van der Waals surface area contributed by atoms with E-state index in [0.29, 0.717) is 12.5 Å². The second-order valence-electron chi connectivity index (χ2n) is 5.63. The summed E-state index contributed by atoms with van der Waals surface area (Å²) in [4.78, 5) is 0. The molecule has 2 nitrogen and oxygen atoms in total. The first-order chi connectivity index (χ1) is 9.07. The lowest BCUT2D eigenvalue weighted by molar-refractivity contribution is -0.146. The van der Waals surface area contributed by atoms with Gasteiger partial charge in [0, 0.05) is 6.61 Å². The molecule has 0 amide bonds. The first kappa shape index (κ1) is 14.5. The van der Waals surface area contributed by atoms with Crippen LogP contribution in [0.3, 0.4) is 0 Å². The summed E-state index contributed by atoms with van der Waals surface area (Å²) < 4.78 is 18.9. The fourth-order valence-corrected chi connectivity index (χ4v) is 2.98. The average molecular weight is 266 g/mol. The van der Waals surface area contributed by atoms with Crippen molar-refractivity contribution in [2.45, 2.75) is 51.2 Å². The molecule has 1 saturated carbocycles. The van der Waals surface area contributed by atoms with Crippen molar-refractivity contribution in [2.24, 2.45) is 5.92 Å². The van der Waals surface area contributed by atoms with Crippen LogP contribution in [0.25, 0.3) is 0 Å². The normalized spacial score (nSPS) is 29.2. The zero-order valence-corrected chi connectivity index (χ0v) is 11.7. The van der Waals surface area contributed by atoms with Gasteiger partial charge in [0.2, 0.25) is 0 Å². The summed E-state index contributed by atoms with van der Waals surface area (Å²) in [5.74, 6) is 0.410. The zero-order valence-electron chi connectivity index (χ0n) is 11.7. The van der Waals surface area contributed by atoms with Gasteiger partial charge < -0.3 is 9.84 Å². The van der Waals surface area contributed by atoms with Crippen molar-refractivity contribution in [3.63, 3.8) is 0 Å². The topological polar surface area (TPSA) is 29.5 Å². The minimum absolute atomic E-state index is 0.279. The van der Waals surface area contributed by atoms with Gasteiger partial charge in [0.05, 0.1) is 5.60 Å². The van der Waals surface area contributed by atoms with Crippen molar-refractivity contribution in [3.05, 3.63) is 35.6 Å². The van der Waals surface area contributed by atoms with E-state index in [2.05, 4.69) is 6.92 Å². The van der Waals surface area contributed by atoms with Crippen LogP contribution in [0.4, 0.5) is 4.39 Å². The summed E-state index contributed by atoms with van der Waals surface area (Å²) in [6.07, 6.45) is 3.18. The molecular weight excluding hydrogens is 243 g/mol. The number of ether oxygens (including phenoxy) is 1. The Morgan fingerprint density at radius 3 is 2.42 bits per heavy atom. The summed E-state index contributed by atoms with van der Waals surface area (Å²) in [6.45, 7) is 4.78. The van der Waals surface area contributed by atoms with E-state index in [-0.39, 0.29) is 5.82 Å². The third-order valence-electron chi connectivity index (χ3n) is 4.24. The number of aliphatic hydroxyl groups is 1. The molecule has 2 rings (SSSR count). The van der Waals surface area contributed by atoms with E-state index in [1.807, 2.05) is 6.92 Å². The van der Waals surface area contributed by atoms with Crippen LogP contribution in [-0.2, 0) is 4.74 Å². The monoisotopic (exact) mass is 266 g/mol. The number of aliphatic hydroxyl groups excluding tert-OH is 1. The first-order valence-corrected chi connectivity index (χ1v) is 7.15. The molecule has 1 atom stereocenters. The van der Waals surface area contributed by atoms with Gasteiger partial charge in [0.15, 0.2) is 0 Å². The van der Waals surface area contributed by atoms with E-state index in [9.17, 15) is 9.50 Å². The van der Waals surface area contributed by atoms with E-state index in [4.69, 9.17) is 4.74 Å². The lowest BCUT2D eigenvalue weighted by Gasteiger charge is -2.42. The molecule has 1 aromatic rings. The molecule has 1 aliphatic carbocycles. The molecular formula is C16H23FO2. The molecule has 0 aromatic heterocycles. The molecule has 3 heteroatoms. The van der Waals surface area contributed by atoms with Crippen LogP contribution in [0.1, 0.15) is 51.2 Å². The molecule has 0 saturated heterocycles. The van der Waals surface area contributed by atoms with Crippen molar-refractivity contribution in [1.29, 1.82) is 0 Å². The molecule has 1 aliphatic rings. The lowest BCUT2D eigenvalue weighted by Crippen LogP contribution is -2.42. The highest BCUT2D eigenvalue weighted by molar-refractivity contribution is 5.21.